The van der Waals surface area contributed by atoms with Crippen LogP contribution < -0.4 is 0 Å². The molecule has 1 aliphatic rings. The summed E-state index contributed by atoms with van der Waals surface area (Å²) in [7, 11) is 2.69. The van der Waals surface area contributed by atoms with Gasteiger partial charge < -0.3 is 0 Å². The molecule has 1 atom stereocenters. The van der Waals surface area contributed by atoms with E-state index in [9.17, 15) is 0 Å². The summed E-state index contributed by atoms with van der Waals surface area (Å²) in [4.78, 5) is 0. The monoisotopic (exact) mass is 258 g/mol. The summed E-state index contributed by atoms with van der Waals surface area (Å²) in [6.45, 7) is 8.56. The second-order valence-electron chi connectivity index (χ2n) is 5.57. The average Bonchev–Trinajstić information content (AvgIpc) is 2.49. The van der Waals surface area contributed by atoms with Gasteiger partial charge in [-0.3, -0.25) is 0 Å². The first kappa shape index (κ1) is 14.7. The molecule has 0 radical (unpaired) electrons. The van der Waals surface area contributed by atoms with Gasteiger partial charge in [0.15, 0.2) is 0 Å². The number of nitrogens with zero attached hydrogens (tertiary/aromatic N) is 2. The van der Waals surface area contributed by atoms with E-state index in [1.165, 1.54) is 5.57 Å². The minimum absolute atomic E-state index is 0.0171. The summed E-state index contributed by atoms with van der Waals surface area (Å²) in [6.07, 6.45) is 5.04. The molecule has 3 heteroatoms. The van der Waals surface area contributed by atoms with Crippen LogP contribution >= 0.6 is 9.24 Å². The maximum absolute atomic E-state index is 9.00. The summed E-state index contributed by atoms with van der Waals surface area (Å²) in [5.74, 6) is 0.491. The Morgan fingerprint density at radius 3 is 2.33 bits per heavy atom. The van der Waals surface area contributed by atoms with E-state index in [0.29, 0.717) is 5.92 Å². The van der Waals surface area contributed by atoms with E-state index < -0.39 is 0 Å². The molecule has 1 rings (SSSR count). The molecule has 1 unspecified atom stereocenters. The van der Waals surface area contributed by atoms with Crippen molar-refractivity contribution in [1.82, 2.24) is 0 Å². The third-order valence-corrected chi connectivity index (χ3v) is 3.80. The molecule has 0 saturated heterocycles. The van der Waals surface area contributed by atoms with E-state index in [4.69, 9.17) is 10.5 Å². The minimum Gasteiger partial charge on any atom is -0.192 e. The molecular formula is C15H19N2P. The van der Waals surface area contributed by atoms with E-state index >= 15 is 0 Å². The highest BCUT2D eigenvalue weighted by Crippen LogP contribution is 2.49. The number of hydrogen-bond acceptors (Lipinski definition) is 2. The van der Waals surface area contributed by atoms with Crippen molar-refractivity contribution in [3.63, 3.8) is 0 Å². The molecule has 0 fully saturated rings. The first-order valence-corrected chi connectivity index (χ1v) is 6.63. The van der Waals surface area contributed by atoms with Gasteiger partial charge in [0.05, 0.1) is 0 Å². The number of hydrogen-bond donors (Lipinski definition) is 0. The predicted octanol–water partition coefficient (Wildman–Crippen LogP) is 4.10. The molecule has 0 N–H and O–H groups in total. The lowest BCUT2D eigenvalue weighted by atomic mass is 9.84. The standard InChI is InChI=1S/C15H19N2P/c1-10(2)5-6-13-14(18)12(7-15(13,3)4)11(8-16)9-17/h5-6,10H,7,18H2,1-4H3/b6-5+. The largest absolute Gasteiger partial charge is 0.192 e. The highest BCUT2D eigenvalue weighted by Gasteiger charge is 2.34. The first-order chi connectivity index (χ1) is 8.33. The minimum atomic E-state index is -0.0171. The van der Waals surface area contributed by atoms with Gasteiger partial charge in [0.1, 0.15) is 17.7 Å². The van der Waals surface area contributed by atoms with Crippen LogP contribution in [0, 0.1) is 34.0 Å². The summed E-state index contributed by atoms with van der Waals surface area (Å²) in [5, 5.41) is 19.0. The molecule has 0 aromatic carbocycles. The molecule has 2 nitrogen and oxygen atoms in total. The zero-order valence-corrected chi connectivity index (χ0v) is 12.6. The van der Waals surface area contributed by atoms with E-state index in [1.54, 1.807) is 0 Å². The van der Waals surface area contributed by atoms with Gasteiger partial charge in [-0.15, -0.1) is 9.24 Å². The molecule has 18 heavy (non-hydrogen) atoms. The van der Waals surface area contributed by atoms with E-state index in [2.05, 4.69) is 49.1 Å². The van der Waals surface area contributed by atoms with Gasteiger partial charge in [0.25, 0.3) is 0 Å². The fourth-order valence-electron chi connectivity index (χ4n) is 2.15. The summed E-state index contributed by atoms with van der Waals surface area (Å²) in [5.41, 5.74) is 2.30. The second kappa shape index (κ2) is 5.51. The van der Waals surface area contributed by atoms with Crippen molar-refractivity contribution >= 4 is 9.24 Å². The quantitative estimate of drug-likeness (QED) is 0.553. The first-order valence-electron chi connectivity index (χ1n) is 6.05. The highest BCUT2D eigenvalue weighted by atomic mass is 31.0. The Bertz CT molecular complexity index is 504. The Morgan fingerprint density at radius 2 is 1.89 bits per heavy atom. The number of allylic oxidation sites excluding steroid dienone is 6. The van der Waals surface area contributed by atoms with Crippen LogP contribution in [0.3, 0.4) is 0 Å². The molecular weight excluding hydrogens is 239 g/mol. The molecule has 0 aromatic heterocycles. The van der Waals surface area contributed by atoms with Crippen molar-refractivity contribution in [2.45, 2.75) is 34.1 Å². The summed E-state index contributed by atoms with van der Waals surface area (Å²) < 4.78 is 0. The van der Waals surface area contributed by atoms with E-state index in [-0.39, 0.29) is 11.0 Å². The smallest absolute Gasteiger partial charge is 0.133 e. The highest BCUT2D eigenvalue weighted by molar-refractivity contribution is 7.23. The molecule has 0 heterocycles. The van der Waals surface area contributed by atoms with Gasteiger partial charge in [-0.25, -0.2) is 0 Å². The van der Waals surface area contributed by atoms with Crippen LogP contribution in [0.1, 0.15) is 34.1 Å². The predicted molar refractivity (Wildman–Crippen MR) is 77.4 cm³/mol. The molecule has 0 aromatic rings. The SMILES string of the molecule is CC(C)/C=C/C1=C(P)C(=C(C#N)C#N)CC1(C)C. The molecule has 0 bridgehead atoms. The molecule has 94 valence electrons. The molecule has 0 aliphatic heterocycles. The lowest BCUT2D eigenvalue weighted by Crippen LogP contribution is -2.08. The number of nitriles is 2. The van der Waals surface area contributed by atoms with Crippen molar-refractivity contribution < 1.29 is 0 Å². The van der Waals surface area contributed by atoms with Gasteiger partial charge in [0, 0.05) is 0 Å². The fourth-order valence-corrected chi connectivity index (χ4v) is 2.88. The van der Waals surface area contributed by atoms with Crippen molar-refractivity contribution in [3.8, 4) is 12.1 Å². The third-order valence-electron chi connectivity index (χ3n) is 3.14. The second-order valence-corrected chi connectivity index (χ2v) is 6.15. The summed E-state index contributed by atoms with van der Waals surface area (Å²) in [6, 6.07) is 3.99. The third kappa shape index (κ3) is 2.90. The van der Waals surface area contributed by atoms with Gasteiger partial charge in [0.2, 0.25) is 0 Å². The van der Waals surface area contributed by atoms with Gasteiger partial charge in [-0.1, -0.05) is 39.8 Å². The number of rotatable bonds is 2. The van der Waals surface area contributed by atoms with Crippen molar-refractivity contribution in [3.05, 3.63) is 34.2 Å². The van der Waals surface area contributed by atoms with Crippen LogP contribution in [0.15, 0.2) is 34.2 Å². The van der Waals surface area contributed by atoms with Crippen molar-refractivity contribution in [1.29, 1.82) is 10.5 Å². The Kier molecular flexibility index (Phi) is 4.50. The molecule has 0 saturated carbocycles. The lowest BCUT2D eigenvalue weighted by molar-refractivity contribution is 0.476. The van der Waals surface area contributed by atoms with Gasteiger partial charge >= 0.3 is 0 Å². The molecule has 0 amide bonds. The molecule has 0 spiro atoms. The Labute approximate surface area is 112 Å². The Balaban J connectivity index is 3.34. The zero-order chi connectivity index (χ0) is 13.9. The Hall–Kier alpha value is -1.37. The topological polar surface area (TPSA) is 47.6 Å². The van der Waals surface area contributed by atoms with Crippen molar-refractivity contribution in [2.24, 2.45) is 11.3 Å². The van der Waals surface area contributed by atoms with Crippen molar-refractivity contribution in [2.75, 3.05) is 0 Å². The maximum Gasteiger partial charge on any atom is 0.133 e. The molecule has 1 aliphatic carbocycles. The Morgan fingerprint density at radius 1 is 1.33 bits per heavy atom. The van der Waals surface area contributed by atoms with Gasteiger partial charge in [-0.2, -0.15) is 10.5 Å². The van der Waals surface area contributed by atoms with Crippen LogP contribution in [0.25, 0.3) is 0 Å². The fraction of sp³-hybridized carbons (Fsp3) is 0.467. The van der Waals surface area contributed by atoms with Crippen LogP contribution in [0.4, 0.5) is 0 Å². The maximum atomic E-state index is 9.00. The van der Waals surface area contributed by atoms with E-state index in [1.807, 2.05) is 12.1 Å². The lowest BCUT2D eigenvalue weighted by Gasteiger charge is -2.20. The average molecular weight is 258 g/mol. The van der Waals surface area contributed by atoms with Crippen LogP contribution in [-0.4, -0.2) is 0 Å². The van der Waals surface area contributed by atoms with E-state index in [0.717, 1.165) is 17.3 Å². The van der Waals surface area contributed by atoms with Gasteiger partial charge in [-0.05, 0) is 34.2 Å². The van der Waals surface area contributed by atoms with Crippen LogP contribution in [-0.2, 0) is 0 Å². The van der Waals surface area contributed by atoms with Crippen LogP contribution in [0.5, 0.6) is 0 Å². The van der Waals surface area contributed by atoms with Crippen LogP contribution in [0.2, 0.25) is 0 Å². The normalized spacial score (nSPS) is 18.3. The summed E-state index contributed by atoms with van der Waals surface area (Å²) >= 11 is 0. The zero-order valence-electron chi connectivity index (χ0n) is 11.4.